The molecule has 0 aliphatic heterocycles. The molecule has 0 aliphatic rings. The molecule has 0 atom stereocenters. The Morgan fingerprint density at radius 1 is 0.750 bits per heavy atom. The van der Waals surface area contributed by atoms with Crippen molar-refractivity contribution in [2.75, 3.05) is 5.75 Å². The first-order chi connectivity index (χ1) is 11.7. The molecule has 1 aromatic heterocycles. The van der Waals surface area contributed by atoms with Crippen molar-refractivity contribution in [2.45, 2.75) is 11.4 Å². The van der Waals surface area contributed by atoms with E-state index in [9.17, 15) is 10.2 Å². The van der Waals surface area contributed by atoms with Gasteiger partial charge in [0.2, 0.25) is 0 Å². The van der Waals surface area contributed by atoms with E-state index in [4.69, 9.17) is 0 Å². The highest BCUT2D eigenvalue weighted by molar-refractivity contribution is 7.99. The van der Waals surface area contributed by atoms with E-state index in [1.807, 2.05) is 6.07 Å². The highest BCUT2D eigenvalue weighted by Gasteiger charge is 2.09. The lowest BCUT2D eigenvalue weighted by atomic mass is 10.2. The van der Waals surface area contributed by atoms with Gasteiger partial charge in [0.05, 0.1) is 0 Å². The summed E-state index contributed by atoms with van der Waals surface area (Å²) in [4.78, 5) is 0.950. The first-order valence-electron chi connectivity index (χ1n) is 7.85. The molecule has 0 unspecified atom stereocenters. The van der Waals surface area contributed by atoms with Crippen molar-refractivity contribution in [3.8, 4) is 11.5 Å². The second-order valence-corrected chi connectivity index (χ2v) is 6.85. The minimum Gasteiger partial charge on any atom is -0.504 e. The number of phenolic OH excluding ortho intramolecular Hbond substituents is 2. The summed E-state index contributed by atoms with van der Waals surface area (Å²) in [5.74, 6) is 0.728. The molecule has 0 radical (unpaired) electrons. The van der Waals surface area contributed by atoms with Crippen molar-refractivity contribution in [1.29, 1.82) is 0 Å². The van der Waals surface area contributed by atoms with Crippen LogP contribution in [0.2, 0.25) is 0 Å². The number of aromatic hydroxyl groups is 2. The Hall–Kier alpha value is -2.59. The summed E-state index contributed by atoms with van der Waals surface area (Å²) in [6.07, 6.45) is 0. The maximum atomic E-state index is 9.60. The topological polar surface area (TPSA) is 45.4 Å². The zero-order chi connectivity index (χ0) is 16.5. The number of hydrogen-bond acceptors (Lipinski definition) is 3. The first-order valence-corrected chi connectivity index (χ1v) is 8.83. The molecule has 1 heterocycles. The van der Waals surface area contributed by atoms with Gasteiger partial charge in [0, 0.05) is 39.0 Å². The van der Waals surface area contributed by atoms with Gasteiger partial charge in [-0.2, -0.15) is 0 Å². The average molecular weight is 335 g/mol. The van der Waals surface area contributed by atoms with Crippen LogP contribution in [-0.4, -0.2) is 20.5 Å². The SMILES string of the molecule is Oc1ccc(SCCn2c3ccccc3c3ccccc32)cc1O. The third-order valence-corrected chi connectivity index (χ3v) is 5.18. The number of aryl methyl sites for hydroxylation is 1. The number of nitrogens with zero attached hydrogens (tertiary/aromatic N) is 1. The molecule has 4 heteroatoms. The third-order valence-electron chi connectivity index (χ3n) is 4.21. The third kappa shape index (κ3) is 2.59. The van der Waals surface area contributed by atoms with Crippen LogP contribution in [-0.2, 0) is 6.54 Å². The Labute approximate surface area is 144 Å². The van der Waals surface area contributed by atoms with E-state index in [0.717, 1.165) is 17.2 Å². The van der Waals surface area contributed by atoms with Gasteiger partial charge in [-0.1, -0.05) is 36.4 Å². The van der Waals surface area contributed by atoms with Crippen LogP contribution in [0.4, 0.5) is 0 Å². The molecule has 0 bridgehead atoms. The number of thioether (sulfide) groups is 1. The van der Waals surface area contributed by atoms with E-state index in [-0.39, 0.29) is 11.5 Å². The fraction of sp³-hybridized carbons (Fsp3) is 0.100. The molecular formula is C20H17NO2S. The summed E-state index contributed by atoms with van der Waals surface area (Å²) in [5, 5.41) is 21.5. The van der Waals surface area contributed by atoms with Crippen LogP contribution in [0.3, 0.4) is 0 Å². The molecule has 0 saturated heterocycles. The van der Waals surface area contributed by atoms with Crippen LogP contribution in [0, 0.1) is 0 Å². The molecule has 4 aromatic rings. The zero-order valence-corrected chi connectivity index (χ0v) is 13.8. The van der Waals surface area contributed by atoms with Crippen LogP contribution in [0.1, 0.15) is 0 Å². The summed E-state index contributed by atoms with van der Waals surface area (Å²) in [6.45, 7) is 0.875. The fourth-order valence-electron chi connectivity index (χ4n) is 3.09. The van der Waals surface area contributed by atoms with Crippen LogP contribution in [0.5, 0.6) is 11.5 Å². The lowest BCUT2D eigenvalue weighted by Crippen LogP contribution is -1.99. The monoisotopic (exact) mass is 335 g/mol. The number of fused-ring (bicyclic) bond motifs is 3. The van der Waals surface area contributed by atoms with Gasteiger partial charge in [0.1, 0.15) is 0 Å². The van der Waals surface area contributed by atoms with E-state index in [2.05, 4.69) is 53.1 Å². The minimum absolute atomic E-state index is 0.0723. The maximum Gasteiger partial charge on any atom is 0.158 e. The molecule has 0 aliphatic carbocycles. The number of phenols is 2. The second-order valence-electron chi connectivity index (χ2n) is 5.68. The summed E-state index contributed by atoms with van der Waals surface area (Å²) in [6, 6.07) is 21.9. The van der Waals surface area contributed by atoms with E-state index in [1.54, 1.807) is 17.8 Å². The Morgan fingerprint density at radius 3 is 2.00 bits per heavy atom. The summed E-state index contributed by atoms with van der Waals surface area (Å²) >= 11 is 1.67. The second kappa shape index (κ2) is 6.13. The fourth-order valence-corrected chi connectivity index (χ4v) is 3.96. The Kier molecular flexibility index (Phi) is 3.82. The molecule has 3 nitrogen and oxygen atoms in total. The molecule has 0 fully saturated rings. The van der Waals surface area contributed by atoms with Gasteiger partial charge in [-0.05, 0) is 30.3 Å². The smallest absolute Gasteiger partial charge is 0.158 e. The van der Waals surface area contributed by atoms with Gasteiger partial charge in [-0.25, -0.2) is 0 Å². The van der Waals surface area contributed by atoms with Gasteiger partial charge in [-0.15, -0.1) is 11.8 Å². The normalized spacial score (nSPS) is 11.3. The molecule has 3 aromatic carbocycles. The highest BCUT2D eigenvalue weighted by atomic mass is 32.2. The number of benzene rings is 3. The van der Waals surface area contributed by atoms with Crippen molar-refractivity contribution < 1.29 is 10.2 Å². The molecule has 0 saturated carbocycles. The van der Waals surface area contributed by atoms with E-state index >= 15 is 0 Å². The number of rotatable bonds is 4. The standard InChI is InChI=1S/C20H17NO2S/c22-19-10-9-14(13-20(19)23)24-12-11-21-17-7-3-1-5-15(17)16-6-2-4-8-18(16)21/h1-10,13,22-23H,11-12H2. The van der Waals surface area contributed by atoms with Crippen LogP contribution < -0.4 is 0 Å². The van der Waals surface area contributed by atoms with E-state index in [1.165, 1.54) is 27.9 Å². The number of hydrogen-bond donors (Lipinski definition) is 2. The molecule has 0 amide bonds. The van der Waals surface area contributed by atoms with E-state index < -0.39 is 0 Å². The van der Waals surface area contributed by atoms with Crippen molar-refractivity contribution in [3.05, 3.63) is 66.7 Å². The predicted molar refractivity (Wildman–Crippen MR) is 99.9 cm³/mol. The Morgan fingerprint density at radius 2 is 1.38 bits per heavy atom. The van der Waals surface area contributed by atoms with Crippen LogP contribution >= 0.6 is 11.8 Å². The van der Waals surface area contributed by atoms with Crippen molar-refractivity contribution in [3.63, 3.8) is 0 Å². The highest BCUT2D eigenvalue weighted by Crippen LogP contribution is 2.32. The lowest BCUT2D eigenvalue weighted by molar-refractivity contribution is 0.402. The van der Waals surface area contributed by atoms with E-state index in [0.29, 0.717) is 0 Å². The zero-order valence-electron chi connectivity index (χ0n) is 13.0. The summed E-state index contributed by atoms with van der Waals surface area (Å²) < 4.78 is 2.35. The van der Waals surface area contributed by atoms with Crippen molar-refractivity contribution in [2.24, 2.45) is 0 Å². The largest absolute Gasteiger partial charge is 0.504 e. The lowest BCUT2D eigenvalue weighted by Gasteiger charge is -2.08. The maximum absolute atomic E-state index is 9.60. The Balaban J connectivity index is 1.63. The van der Waals surface area contributed by atoms with Crippen molar-refractivity contribution >= 4 is 33.6 Å². The Bertz CT molecular complexity index is 969. The van der Waals surface area contributed by atoms with Crippen LogP contribution in [0.25, 0.3) is 21.8 Å². The van der Waals surface area contributed by atoms with Crippen LogP contribution in [0.15, 0.2) is 71.6 Å². The molecule has 2 N–H and O–H groups in total. The molecule has 120 valence electrons. The van der Waals surface area contributed by atoms with Gasteiger partial charge in [0.25, 0.3) is 0 Å². The van der Waals surface area contributed by atoms with Crippen molar-refractivity contribution in [1.82, 2.24) is 4.57 Å². The number of aromatic nitrogens is 1. The van der Waals surface area contributed by atoms with Gasteiger partial charge in [0.15, 0.2) is 11.5 Å². The summed E-state index contributed by atoms with van der Waals surface area (Å²) in [7, 11) is 0. The minimum atomic E-state index is -0.0817. The molecule has 24 heavy (non-hydrogen) atoms. The molecule has 0 spiro atoms. The predicted octanol–water partition coefficient (Wildman–Crippen LogP) is 5.00. The quantitative estimate of drug-likeness (QED) is 0.407. The average Bonchev–Trinajstić information content (AvgIpc) is 2.93. The molecule has 4 rings (SSSR count). The summed E-state index contributed by atoms with van der Waals surface area (Å²) in [5.41, 5.74) is 2.49. The number of para-hydroxylation sites is 2. The van der Waals surface area contributed by atoms with Gasteiger partial charge in [-0.3, -0.25) is 0 Å². The first kappa shape index (κ1) is 15.0. The van der Waals surface area contributed by atoms with Gasteiger partial charge < -0.3 is 14.8 Å². The van der Waals surface area contributed by atoms with Gasteiger partial charge >= 0.3 is 0 Å². The molecular weight excluding hydrogens is 318 g/mol.